The second-order valence-electron chi connectivity index (χ2n) is 2.13. The number of carboxylic acid groups (broad SMARTS) is 1. The van der Waals surface area contributed by atoms with Crippen LogP contribution in [0.2, 0.25) is 0 Å². The highest BCUT2D eigenvalue weighted by atomic mass is 19.1. The van der Waals surface area contributed by atoms with Crippen LogP contribution >= 0.6 is 0 Å². The molecule has 0 unspecified atom stereocenters. The van der Waals surface area contributed by atoms with Gasteiger partial charge >= 0.3 is 5.97 Å². The van der Waals surface area contributed by atoms with E-state index in [1.54, 1.807) is 13.8 Å². The van der Waals surface area contributed by atoms with Gasteiger partial charge in [-0.2, -0.15) is 0 Å². The molecule has 0 saturated heterocycles. The molecule has 0 fully saturated rings. The number of carboxylic acids is 1. The van der Waals surface area contributed by atoms with E-state index in [9.17, 15) is 9.18 Å². The SMILES string of the molecule is CC[C@H](C)[C@H](F)C(=O)O. The van der Waals surface area contributed by atoms with Crippen molar-refractivity contribution in [2.24, 2.45) is 5.92 Å². The van der Waals surface area contributed by atoms with E-state index in [1.807, 2.05) is 0 Å². The average molecular weight is 134 g/mol. The molecule has 3 heteroatoms. The monoisotopic (exact) mass is 134 g/mol. The summed E-state index contributed by atoms with van der Waals surface area (Å²) in [6.45, 7) is 3.35. The van der Waals surface area contributed by atoms with Crippen LogP contribution in [-0.4, -0.2) is 17.2 Å². The summed E-state index contributed by atoms with van der Waals surface area (Å²) in [5, 5.41) is 8.11. The fourth-order valence-electron chi connectivity index (χ4n) is 0.450. The number of rotatable bonds is 3. The Morgan fingerprint density at radius 3 is 2.33 bits per heavy atom. The summed E-state index contributed by atoms with van der Waals surface area (Å²) in [5.74, 6) is -1.73. The van der Waals surface area contributed by atoms with Crippen molar-refractivity contribution in [3.63, 3.8) is 0 Å². The Morgan fingerprint density at radius 1 is 1.78 bits per heavy atom. The first-order valence-corrected chi connectivity index (χ1v) is 2.96. The molecule has 0 radical (unpaired) electrons. The zero-order valence-electron chi connectivity index (χ0n) is 5.60. The maximum atomic E-state index is 12.3. The van der Waals surface area contributed by atoms with E-state index in [4.69, 9.17) is 5.11 Å². The van der Waals surface area contributed by atoms with Gasteiger partial charge in [0.05, 0.1) is 0 Å². The average Bonchev–Trinajstić information content (AvgIpc) is 1.84. The van der Waals surface area contributed by atoms with Gasteiger partial charge in [-0.05, 0) is 5.92 Å². The molecule has 0 aliphatic carbocycles. The van der Waals surface area contributed by atoms with Gasteiger partial charge in [-0.15, -0.1) is 0 Å². The van der Waals surface area contributed by atoms with Crippen LogP contribution in [0.3, 0.4) is 0 Å². The maximum Gasteiger partial charge on any atom is 0.338 e. The lowest BCUT2D eigenvalue weighted by Crippen LogP contribution is -2.22. The third-order valence-corrected chi connectivity index (χ3v) is 1.38. The van der Waals surface area contributed by atoms with Crippen molar-refractivity contribution in [1.29, 1.82) is 0 Å². The third kappa shape index (κ3) is 2.44. The molecule has 54 valence electrons. The van der Waals surface area contributed by atoms with Gasteiger partial charge in [0.2, 0.25) is 0 Å². The van der Waals surface area contributed by atoms with E-state index in [2.05, 4.69) is 0 Å². The van der Waals surface area contributed by atoms with Crippen LogP contribution in [0.5, 0.6) is 0 Å². The molecule has 0 heterocycles. The van der Waals surface area contributed by atoms with Crippen molar-refractivity contribution in [3.8, 4) is 0 Å². The molecule has 0 amide bonds. The number of alkyl halides is 1. The van der Waals surface area contributed by atoms with Crippen LogP contribution in [0.1, 0.15) is 20.3 Å². The molecular formula is C6H11FO2. The van der Waals surface area contributed by atoms with Gasteiger partial charge in [0, 0.05) is 0 Å². The molecule has 0 bridgehead atoms. The van der Waals surface area contributed by atoms with Gasteiger partial charge in [0.15, 0.2) is 6.17 Å². The lowest BCUT2D eigenvalue weighted by Gasteiger charge is -2.08. The van der Waals surface area contributed by atoms with Crippen LogP contribution < -0.4 is 0 Å². The van der Waals surface area contributed by atoms with E-state index in [0.29, 0.717) is 6.42 Å². The van der Waals surface area contributed by atoms with Crippen molar-refractivity contribution in [2.45, 2.75) is 26.4 Å². The third-order valence-electron chi connectivity index (χ3n) is 1.38. The summed E-state index contributed by atoms with van der Waals surface area (Å²) in [7, 11) is 0. The van der Waals surface area contributed by atoms with Crippen LogP contribution in [0.25, 0.3) is 0 Å². The standard InChI is InChI=1S/C6H11FO2/c1-3-4(2)5(7)6(8)9/h4-5H,3H2,1-2H3,(H,8,9)/t4-,5-/m0/s1. The molecule has 9 heavy (non-hydrogen) atoms. The Hall–Kier alpha value is -0.600. The topological polar surface area (TPSA) is 37.3 Å². The highest BCUT2D eigenvalue weighted by molar-refractivity contribution is 5.72. The van der Waals surface area contributed by atoms with Crippen molar-refractivity contribution in [2.75, 3.05) is 0 Å². The molecule has 0 rings (SSSR count). The fourth-order valence-corrected chi connectivity index (χ4v) is 0.450. The molecule has 0 aromatic heterocycles. The Bertz CT molecular complexity index is 103. The summed E-state index contributed by atoms with van der Waals surface area (Å²) >= 11 is 0. The minimum atomic E-state index is -1.70. The van der Waals surface area contributed by atoms with E-state index >= 15 is 0 Å². The van der Waals surface area contributed by atoms with Gasteiger partial charge in [0.25, 0.3) is 0 Å². The largest absolute Gasteiger partial charge is 0.479 e. The highest BCUT2D eigenvalue weighted by Gasteiger charge is 2.21. The van der Waals surface area contributed by atoms with Crippen molar-refractivity contribution >= 4 is 5.97 Å². The Labute approximate surface area is 53.7 Å². The van der Waals surface area contributed by atoms with Gasteiger partial charge in [-0.1, -0.05) is 20.3 Å². The first kappa shape index (κ1) is 8.40. The fraction of sp³-hybridized carbons (Fsp3) is 0.833. The van der Waals surface area contributed by atoms with Gasteiger partial charge < -0.3 is 5.11 Å². The van der Waals surface area contributed by atoms with Crippen molar-refractivity contribution < 1.29 is 14.3 Å². The predicted molar refractivity (Wildman–Crippen MR) is 32.0 cm³/mol. The number of carbonyl (C=O) groups is 1. The zero-order valence-corrected chi connectivity index (χ0v) is 5.60. The molecule has 2 atom stereocenters. The second-order valence-corrected chi connectivity index (χ2v) is 2.13. The molecule has 1 N–H and O–H groups in total. The summed E-state index contributed by atoms with van der Waals surface area (Å²) < 4.78 is 12.3. The summed E-state index contributed by atoms with van der Waals surface area (Å²) in [6, 6.07) is 0. The van der Waals surface area contributed by atoms with Crippen molar-refractivity contribution in [1.82, 2.24) is 0 Å². The molecule has 0 aliphatic rings. The molecule has 0 aromatic carbocycles. The highest BCUT2D eigenvalue weighted by Crippen LogP contribution is 2.10. The van der Waals surface area contributed by atoms with E-state index in [1.165, 1.54) is 0 Å². The van der Waals surface area contributed by atoms with Crippen LogP contribution in [0.15, 0.2) is 0 Å². The summed E-state index contributed by atoms with van der Waals surface area (Å²) in [4.78, 5) is 9.92. The number of halogens is 1. The first-order valence-electron chi connectivity index (χ1n) is 2.96. The predicted octanol–water partition coefficient (Wildman–Crippen LogP) is 1.46. The Kier molecular flexibility index (Phi) is 3.20. The number of hydrogen-bond donors (Lipinski definition) is 1. The lowest BCUT2D eigenvalue weighted by molar-refractivity contribution is -0.144. The lowest BCUT2D eigenvalue weighted by atomic mass is 10.0. The van der Waals surface area contributed by atoms with E-state index in [0.717, 1.165) is 0 Å². The second kappa shape index (κ2) is 3.43. The summed E-state index contributed by atoms with van der Waals surface area (Å²) in [5.41, 5.74) is 0. The van der Waals surface area contributed by atoms with Crippen LogP contribution in [0, 0.1) is 5.92 Å². The van der Waals surface area contributed by atoms with Crippen LogP contribution in [0.4, 0.5) is 4.39 Å². The van der Waals surface area contributed by atoms with Crippen LogP contribution in [-0.2, 0) is 4.79 Å². The van der Waals surface area contributed by atoms with E-state index in [-0.39, 0.29) is 5.92 Å². The quantitative estimate of drug-likeness (QED) is 0.634. The molecule has 2 nitrogen and oxygen atoms in total. The van der Waals surface area contributed by atoms with Crippen molar-refractivity contribution in [3.05, 3.63) is 0 Å². The molecule has 0 saturated carbocycles. The normalized spacial score (nSPS) is 16.8. The molecular weight excluding hydrogens is 123 g/mol. The molecule has 0 spiro atoms. The van der Waals surface area contributed by atoms with Gasteiger partial charge in [0.1, 0.15) is 0 Å². The summed E-state index contributed by atoms with van der Waals surface area (Å²) in [6.07, 6.45) is -1.14. The Balaban J connectivity index is 3.72. The molecule has 0 aromatic rings. The Morgan fingerprint density at radius 2 is 2.22 bits per heavy atom. The number of aliphatic carboxylic acids is 1. The zero-order chi connectivity index (χ0) is 7.44. The molecule has 0 aliphatic heterocycles. The van der Waals surface area contributed by atoms with E-state index < -0.39 is 12.1 Å². The smallest absolute Gasteiger partial charge is 0.338 e. The minimum absolute atomic E-state index is 0.373. The number of hydrogen-bond acceptors (Lipinski definition) is 1. The first-order chi connectivity index (χ1) is 4.09. The minimum Gasteiger partial charge on any atom is -0.479 e. The van der Waals surface area contributed by atoms with Gasteiger partial charge in [-0.25, -0.2) is 9.18 Å². The maximum absolute atomic E-state index is 12.3. The van der Waals surface area contributed by atoms with Gasteiger partial charge in [-0.3, -0.25) is 0 Å².